The van der Waals surface area contributed by atoms with E-state index in [0.717, 1.165) is 30.7 Å². The lowest BCUT2D eigenvalue weighted by atomic mass is 9.83. The predicted molar refractivity (Wildman–Crippen MR) is 110 cm³/mol. The molecule has 0 radical (unpaired) electrons. The van der Waals surface area contributed by atoms with Gasteiger partial charge in [-0.2, -0.15) is 10.4 Å². The number of hydrogen-bond acceptors (Lipinski definition) is 6. The molecule has 0 aliphatic heterocycles. The summed E-state index contributed by atoms with van der Waals surface area (Å²) in [7, 11) is 0. The zero-order chi connectivity index (χ0) is 21.9. The molecule has 1 N–H and O–H groups in total. The normalized spacial score (nSPS) is 16.4. The third-order valence-corrected chi connectivity index (χ3v) is 5.49. The maximum atomic E-state index is 12.7. The Morgan fingerprint density at radius 1 is 1.30 bits per heavy atom. The Hall–Kier alpha value is -2.92. The van der Waals surface area contributed by atoms with Crippen molar-refractivity contribution < 1.29 is 14.3 Å². The number of nitrogens with one attached hydrogen (secondary N) is 1. The van der Waals surface area contributed by atoms with Crippen LogP contribution in [-0.2, 0) is 9.53 Å². The molecule has 1 amide bonds. The van der Waals surface area contributed by atoms with E-state index in [-0.39, 0.29) is 10.7 Å². The van der Waals surface area contributed by atoms with Gasteiger partial charge in [-0.25, -0.2) is 14.5 Å². The molecule has 1 fully saturated rings. The minimum Gasteiger partial charge on any atom is -0.448 e. The predicted octanol–water partition coefficient (Wildman–Crippen LogP) is 3.43. The van der Waals surface area contributed by atoms with Gasteiger partial charge in [0.05, 0.1) is 16.8 Å². The van der Waals surface area contributed by atoms with Crippen molar-refractivity contribution in [2.45, 2.75) is 64.5 Å². The number of halogens is 1. The van der Waals surface area contributed by atoms with Crippen LogP contribution in [0.2, 0.25) is 5.02 Å². The molecule has 9 heteroatoms. The van der Waals surface area contributed by atoms with E-state index in [1.54, 1.807) is 10.7 Å². The molecule has 2 heterocycles. The number of rotatable bonds is 5. The minimum atomic E-state index is -1.10. The van der Waals surface area contributed by atoms with Crippen LogP contribution in [0.3, 0.4) is 0 Å². The van der Waals surface area contributed by atoms with E-state index in [2.05, 4.69) is 21.5 Å². The van der Waals surface area contributed by atoms with Gasteiger partial charge >= 0.3 is 5.97 Å². The molecule has 8 nitrogen and oxygen atoms in total. The molecular weight excluding hydrogens is 406 g/mol. The summed E-state index contributed by atoms with van der Waals surface area (Å²) < 4.78 is 6.89. The smallest absolute Gasteiger partial charge is 0.359 e. The van der Waals surface area contributed by atoms with Gasteiger partial charge in [-0.1, -0.05) is 30.9 Å². The Morgan fingerprint density at radius 2 is 2.00 bits per heavy atom. The van der Waals surface area contributed by atoms with E-state index in [9.17, 15) is 14.9 Å². The fourth-order valence-corrected chi connectivity index (χ4v) is 3.76. The second kappa shape index (κ2) is 8.84. The summed E-state index contributed by atoms with van der Waals surface area (Å²) in [6, 6.07) is 7.28. The first-order valence-electron chi connectivity index (χ1n) is 9.89. The number of amides is 1. The minimum absolute atomic E-state index is 0.103. The average Bonchev–Trinajstić information content (AvgIpc) is 3.06. The van der Waals surface area contributed by atoms with Crippen molar-refractivity contribution in [3.8, 4) is 11.9 Å². The van der Waals surface area contributed by atoms with Gasteiger partial charge in [0.2, 0.25) is 0 Å². The van der Waals surface area contributed by atoms with Crippen LogP contribution < -0.4 is 5.32 Å². The summed E-state index contributed by atoms with van der Waals surface area (Å²) in [5.74, 6) is -0.919. The maximum absolute atomic E-state index is 12.7. The Bertz CT molecular complexity index is 1000. The van der Waals surface area contributed by atoms with Crippen molar-refractivity contribution in [2.75, 3.05) is 0 Å². The summed E-state index contributed by atoms with van der Waals surface area (Å²) in [5, 5.41) is 16.7. The lowest BCUT2D eigenvalue weighted by Gasteiger charge is -2.32. The number of hydrogen-bond donors (Lipinski definition) is 1. The van der Waals surface area contributed by atoms with Gasteiger partial charge < -0.3 is 10.1 Å². The fourth-order valence-electron chi connectivity index (χ4n) is 3.58. The summed E-state index contributed by atoms with van der Waals surface area (Å²) in [6.45, 7) is 5.19. The zero-order valence-corrected chi connectivity index (χ0v) is 18.0. The van der Waals surface area contributed by atoms with E-state index >= 15 is 0 Å². The van der Waals surface area contributed by atoms with Crippen molar-refractivity contribution in [3.05, 3.63) is 40.3 Å². The molecule has 1 saturated carbocycles. The van der Waals surface area contributed by atoms with Crippen LogP contribution in [0.1, 0.15) is 60.9 Å². The summed E-state index contributed by atoms with van der Waals surface area (Å²) in [6.07, 6.45) is 2.88. The second-order valence-electron chi connectivity index (χ2n) is 7.63. The number of aryl methyl sites for hydroxylation is 2. The topological polar surface area (TPSA) is 110 Å². The Labute approximate surface area is 180 Å². The van der Waals surface area contributed by atoms with Gasteiger partial charge in [0.25, 0.3) is 5.91 Å². The van der Waals surface area contributed by atoms with Gasteiger partial charge in [0.15, 0.2) is 17.6 Å². The molecule has 0 aromatic carbocycles. The van der Waals surface area contributed by atoms with Gasteiger partial charge in [0, 0.05) is 5.69 Å². The number of esters is 1. The van der Waals surface area contributed by atoms with Crippen LogP contribution in [0.15, 0.2) is 18.2 Å². The highest BCUT2D eigenvalue weighted by atomic mass is 35.5. The first kappa shape index (κ1) is 21.8. The van der Waals surface area contributed by atoms with E-state index < -0.39 is 23.5 Å². The molecule has 1 aliphatic carbocycles. The summed E-state index contributed by atoms with van der Waals surface area (Å²) in [5.41, 5.74) is 0.659. The molecule has 158 valence electrons. The quantitative estimate of drug-likeness (QED) is 0.729. The van der Waals surface area contributed by atoms with Crippen molar-refractivity contribution in [1.29, 1.82) is 5.26 Å². The standard InChI is InChI=1S/C21H24ClN5O3/c1-13-11-14(2)27(26-13)17-8-7-16(22)18(24-17)20(29)30-15(3)19(28)25-21(12-23)9-5-4-6-10-21/h7-8,11,15H,4-6,9-10H2,1-3H3,(H,25,28). The monoisotopic (exact) mass is 429 g/mol. The highest BCUT2D eigenvalue weighted by Gasteiger charge is 2.35. The molecule has 1 unspecified atom stereocenters. The highest BCUT2D eigenvalue weighted by Crippen LogP contribution is 2.28. The van der Waals surface area contributed by atoms with Crippen LogP contribution in [0.25, 0.3) is 5.82 Å². The lowest BCUT2D eigenvalue weighted by Crippen LogP contribution is -2.52. The molecule has 2 aromatic rings. The van der Waals surface area contributed by atoms with Crippen LogP contribution in [0, 0.1) is 25.2 Å². The first-order valence-corrected chi connectivity index (χ1v) is 10.3. The van der Waals surface area contributed by atoms with Gasteiger partial charge in [-0.15, -0.1) is 0 Å². The fraction of sp³-hybridized carbons (Fsp3) is 0.476. The van der Waals surface area contributed by atoms with E-state index in [0.29, 0.717) is 18.7 Å². The molecule has 2 aromatic heterocycles. The van der Waals surface area contributed by atoms with Crippen molar-refractivity contribution in [2.24, 2.45) is 0 Å². The van der Waals surface area contributed by atoms with Crippen LogP contribution in [0.4, 0.5) is 0 Å². The molecule has 3 rings (SSSR count). The molecule has 1 atom stereocenters. The van der Waals surface area contributed by atoms with Crippen molar-refractivity contribution in [1.82, 2.24) is 20.1 Å². The number of ether oxygens (including phenoxy) is 1. The van der Waals surface area contributed by atoms with E-state index in [1.807, 2.05) is 19.9 Å². The van der Waals surface area contributed by atoms with Gasteiger partial charge in [-0.05, 0) is 51.8 Å². The molecule has 0 bridgehead atoms. The molecular formula is C21H24ClN5O3. The van der Waals surface area contributed by atoms with Crippen molar-refractivity contribution in [3.63, 3.8) is 0 Å². The number of carbonyl (C=O) groups excluding carboxylic acids is 2. The second-order valence-corrected chi connectivity index (χ2v) is 8.04. The summed E-state index contributed by atoms with van der Waals surface area (Å²) >= 11 is 6.15. The first-order chi connectivity index (χ1) is 14.2. The van der Waals surface area contributed by atoms with Crippen LogP contribution >= 0.6 is 11.6 Å². The maximum Gasteiger partial charge on any atom is 0.359 e. The SMILES string of the molecule is Cc1cc(C)n(-c2ccc(Cl)c(C(=O)OC(C)C(=O)NC3(C#N)CCCCC3)n2)n1. The molecule has 0 spiro atoms. The number of nitrogens with zero attached hydrogens (tertiary/aromatic N) is 4. The zero-order valence-electron chi connectivity index (χ0n) is 17.2. The summed E-state index contributed by atoms with van der Waals surface area (Å²) in [4.78, 5) is 29.5. The molecule has 0 saturated heterocycles. The van der Waals surface area contributed by atoms with Crippen LogP contribution in [-0.4, -0.2) is 38.3 Å². The lowest BCUT2D eigenvalue weighted by molar-refractivity contribution is -0.130. The van der Waals surface area contributed by atoms with Gasteiger partial charge in [-0.3, -0.25) is 4.79 Å². The Morgan fingerprint density at radius 3 is 2.60 bits per heavy atom. The Kier molecular flexibility index (Phi) is 6.42. The third-order valence-electron chi connectivity index (χ3n) is 5.19. The number of aromatic nitrogens is 3. The molecule has 1 aliphatic rings. The Balaban J connectivity index is 1.73. The largest absolute Gasteiger partial charge is 0.448 e. The number of nitriles is 1. The van der Waals surface area contributed by atoms with Gasteiger partial charge in [0.1, 0.15) is 5.54 Å². The molecule has 30 heavy (non-hydrogen) atoms. The number of pyridine rings is 1. The van der Waals surface area contributed by atoms with Crippen LogP contribution in [0.5, 0.6) is 0 Å². The van der Waals surface area contributed by atoms with E-state index in [1.165, 1.54) is 13.0 Å². The third kappa shape index (κ3) is 4.62. The van der Waals surface area contributed by atoms with Crippen molar-refractivity contribution >= 4 is 23.5 Å². The van der Waals surface area contributed by atoms with E-state index in [4.69, 9.17) is 16.3 Å². The highest BCUT2D eigenvalue weighted by molar-refractivity contribution is 6.33. The average molecular weight is 430 g/mol. The number of carbonyl (C=O) groups is 2.